The molecule has 0 aromatic rings. The minimum absolute atomic E-state index is 0.719. The number of hydrogen-bond acceptors (Lipinski definition) is 16. The van der Waals surface area contributed by atoms with E-state index in [4.69, 9.17) is 23.7 Å². The Balaban J connectivity index is 1.80. The quantitative estimate of drug-likeness (QED) is 0.132. The Morgan fingerprint density at radius 3 is 1.53 bits per heavy atom. The van der Waals surface area contributed by atoms with Gasteiger partial charge in [0, 0.05) is 0 Å². The zero-order valence-corrected chi connectivity index (χ0v) is 17.9. The Labute approximate surface area is 192 Å². The van der Waals surface area contributed by atoms with Gasteiger partial charge in [0.15, 0.2) is 0 Å². The topological polar surface area (TPSA) is 269 Å². The second-order valence-electron chi connectivity index (χ2n) is 8.52. The van der Waals surface area contributed by atoms with Crippen LogP contribution < -0.4 is 0 Å². The Bertz CT molecular complexity index is 684. The van der Waals surface area contributed by atoms with Gasteiger partial charge in [-0.15, -0.1) is 0 Å². The molecule has 3 heterocycles. The Morgan fingerprint density at radius 2 is 1.09 bits per heavy atom. The summed E-state index contributed by atoms with van der Waals surface area (Å²) >= 11 is 0. The summed E-state index contributed by atoms with van der Waals surface area (Å²) in [6.45, 7) is -5.22. The van der Waals surface area contributed by atoms with Gasteiger partial charge < -0.3 is 79.9 Å². The highest BCUT2D eigenvalue weighted by molar-refractivity contribution is 5.01. The fourth-order valence-electron chi connectivity index (χ4n) is 4.17. The van der Waals surface area contributed by atoms with Crippen LogP contribution in [0, 0.1) is 0 Å². The third-order valence-corrected chi connectivity index (χ3v) is 6.35. The molecule has 0 unspecified atom stereocenters. The first-order valence-electron chi connectivity index (χ1n) is 10.5. The van der Waals surface area contributed by atoms with E-state index < -0.39 is 112 Å². The van der Waals surface area contributed by atoms with Crippen LogP contribution in [0.1, 0.15) is 0 Å². The average molecular weight is 504 g/mol. The van der Waals surface area contributed by atoms with E-state index in [0.717, 1.165) is 0 Å². The van der Waals surface area contributed by atoms with E-state index in [9.17, 15) is 56.2 Å². The van der Waals surface area contributed by atoms with Gasteiger partial charge in [0.05, 0.1) is 26.4 Å². The van der Waals surface area contributed by atoms with Crippen LogP contribution in [-0.4, -0.2) is 168 Å². The summed E-state index contributed by atoms with van der Waals surface area (Å²) in [6.07, 6.45) is -15.0. The van der Waals surface area contributed by atoms with E-state index in [2.05, 4.69) is 0 Å². The summed E-state index contributed by atoms with van der Waals surface area (Å²) in [6, 6.07) is 0. The maximum atomic E-state index is 10.6. The molecule has 11 N–H and O–H groups in total. The molecule has 34 heavy (non-hydrogen) atoms. The van der Waals surface area contributed by atoms with Crippen LogP contribution in [0.5, 0.6) is 0 Å². The van der Waals surface area contributed by atoms with E-state index in [1.165, 1.54) is 0 Å². The summed E-state index contributed by atoms with van der Waals surface area (Å²) in [7, 11) is 0. The molecule has 0 amide bonds. The first-order valence-corrected chi connectivity index (χ1v) is 10.5. The average Bonchev–Trinajstić information content (AvgIpc) is 3.33. The Morgan fingerprint density at radius 1 is 0.588 bits per heavy atom. The lowest BCUT2D eigenvalue weighted by atomic mass is 10.0. The van der Waals surface area contributed by atoms with Crippen molar-refractivity contribution in [2.24, 2.45) is 0 Å². The van der Waals surface area contributed by atoms with Crippen LogP contribution in [0.2, 0.25) is 0 Å². The molecule has 16 heteroatoms. The normalized spacial score (nSPS) is 51.4. The molecule has 0 saturated carbocycles. The highest BCUT2D eigenvalue weighted by Crippen LogP contribution is 2.39. The van der Waals surface area contributed by atoms with Gasteiger partial charge >= 0.3 is 0 Å². The van der Waals surface area contributed by atoms with E-state index in [-0.39, 0.29) is 0 Å². The number of ether oxygens (including phenoxy) is 5. The molecule has 0 aliphatic carbocycles. The van der Waals surface area contributed by atoms with Crippen LogP contribution in [-0.2, 0) is 23.7 Å². The molecule has 0 aromatic carbocycles. The summed E-state index contributed by atoms with van der Waals surface area (Å²) in [4.78, 5) is 0. The molecule has 0 bridgehead atoms. The summed E-state index contributed by atoms with van der Waals surface area (Å²) < 4.78 is 26.7. The minimum Gasteiger partial charge on any atom is -0.394 e. The molecule has 0 aromatic heterocycles. The molecule has 3 fully saturated rings. The van der Waals surface area contributed by atoms with E-state index in [1.807, 2.05) is 0 Å². The molecular weight excluding hydrogens is 472 g/mol. The van der Waals surface area contributed by atoms with Crippen LogP contribution in [0.4, 0.5) is 0 Å². The molecule has 3 saturated heterocycles. The van der Waals surface area contributed by atoms with Crippen LogP contribution in [0.3, 0.4) is 0 Å². The van der Waals surface area contributed by atoms with Gasteiger partial charge in [0.1, 0.15) is 68.1 Å². The van der Waals surface area contributed by atoms with Crippen LogP contribution in [0.25, 0.3) is 0 Å². The molecule has 12 atom stereocenters. The predicted octanol–water partition coefficient (Wildman–Crippen LogP) is -7.57. The van der Waals surface area contributed by atoms with Gasteiger partial charge in [-0.2, -0.15) is 0 Å². The fraction of sp³-hybridized carbons (Fsp3) is 1.00. The van der Waals surface area contributed by atoms with Crippen molar-refractivity contribution in [3.05, 3.63) is 0 Å². The smallest absolute Gasteiger partial charge is 0.222 e. The van der Waals surface area contributed by atoms with E-state index >= 15 is 0 Å². The summed E-state index contributed by atoms with van der Waals surface area (Å²) in [5, 5.41) is 109. The van der Waals surface area contributed by atoms with Crippen molar-refractivity contribution in [2.45, 2.75) is 72.3 Å². The van der Waals surface area contributed by atoms with Crippen LogP contribution in [0.15, 0.2) is 0 Å². The van der Waals surface area contributed by atoms with Gasteiger partial charge in [-0.1, -0.05) is 0 Å². The highest BCUT2D eigenvalue weighted by atomic mass is 16.8. The molecule has 0 spiro atoms. The lowest BCUT2D eigenvalue weighted by Gasteiger charge is -2.37. The third-order valence-electron chi connectivity index (χ3n) is 6.35. The van der Waals surface area contributed by atoms with E-state index in [1.54, 1.807) is 0 Å². The number of rotatable bonds is 10. The van der Waals surface area contributed by atoms with Crippen molar-refractivity contribution in [2.75, 3.05) is 39.6 Å². The van der Waals surface area contributed by atoms with Crippen molar-refractivity contribution < 1.29 is 79.9 Å². The van der Waals surface area contributed by atoms with Gasteiger partial charge in [-0.3, -0.25) is 0 Å². The molecule has 3 aliphatic rings. The minimum atomic E-state index is -2.50. The monoisotopic (exact) mass is 504 g/mol. The molecule has 16 nitrogen and oxygen atoms in total. The Hall–Kier alpha value is -0.640. The van der Waals surface area contributed by atoms with E-state index in [0.29, 0.717) is 0 Å². The number of aliphatic hydroxyl groups excluding tert-OH is 10. The molecule has 3 rings (SSSR count). The zero-order valence-electron chi connectivity index (χ0n) is 17.9. The van der Waals surface area contributed by atoms with Crippen molar-refractivity contribution in [3.63, 3.8) is 0 Å². The largest absolute Gasteiger partial charge is 0.394 e. The second-order valence-corrected chi connectivity index (χ2v) is 8.52. The van der Waals surface area contributed by atoms with Gasteiger partial charge in [0.25, 0.3) is 0 Å². The number of aliphatic hydroxyl groups is 11. The lowest BCUT2D eigenvalue weighted by molar-refractivity contribution is -0.345. The van der Waals surface area contributed by atoms with Gasteiger partial charge in [0.2, 0.25) is 17.4 Å². The van der Waals surface area contributed by atoms with Crippen molar-refractivity contribution in [1.29, 1.82) is 0 Å². The third kappa shape index (κ3) is 4.59. The lowest BCUT2D eigenvalue weighted by Crippen LogP contribution is -2.56. The first-order chi connectivity index (χ1) is 15.9. The van der Waals surface area contributed by atoms with Gasteiger partial charge in [-0.25, -0.2) is 0 Å². The standard InChI is InChI=1S/C18H32O16/c19-1-7-10(23)14(27)17(5-22,33-7)31-6-18(15(28)11(24)8(2-20)34-18)30-3-9-12(25)13(26)16(29,4-21)32-9/h7-15,19-29H,1-6H2/t7-,8-,9-,10-,11-,12-,13+,14+,15+,16+,17-,18-/m1/s1. The molecule has 0 radical (unpaired) electrons. The second kappa shape index (κ2) is 10.4. The van der Waals surface area contributed by atoms with Gasteiger partial charge in [-0.05, 0) is 0 Å². The van der Waals surface area contributed by atoms with Crippen molar-refractivity contribution in [1.82, 2.24) is 0 Å². The Kier molecular flexibility index (Phi) is 8.53. The molecule has 3 aliphatic heterocycles. The highest BCUT2D eigenvalue weighted by Gasteiger charge is 2.61. The molecular formula is C18H32O16. The SMILES string of the molecule is OC[C@H]1O[C@@](CO)(OC[C@@]2(OC[C@H]3O[C@@](O)(CO)[C@@H](O)[C@@H]3O)O[C@H](CO)[C@@H](O)[C@@H]2O)[C@@H](O)[C@@H]1O. The van der Waals surface area contributed by atoms with Crippen molar-refractivity contribution >= 4 is 0 Å². The first kappa shape index (κ1) is 27.9. The zero-order chi connectivity index (χ0) is 25.5. The van der Waals surface area contributed by atoms with Crippen molar-refractivity contribution in [3.8, 4) is 0 Å². The summed E-state index contributed by atoms with van der Waals surface area (Å²) in [5.41, 5.74) is 0. The van der Waals surface area contributed by atoms with Crippen LogP contribution >= 0.6 is 0 Å². The maximum Gasteiger partial charge on any atom is 0.222 e. The predicted molar refractivity (Wildman–Crippen MR) is 101 cm³/mol. The fourth-order valence-corrected chi connectivity index (χ4v) is 4.17. The number of hydrogen-bond donors (Lipinski definition) is 11. The maximum absolute atomic E-state index is 10.6. The summed E-state index contributed by atoms with van der Waals surface area (Å²) in [5.74, 6) is -7.14. The molecule has 200 valence electrons.